The number of para-hydroxylation sites is 1. The van der Waals surface area contributed by atoms with Crippen LogP contribution in [0.4, 0.5) is 5.69 Å². The Labute approximate surface area is 176 Å². The average molecular weight is 393 g/mol. The number of carbonyl (C=O) groups excluding carboxylic acids is 1. The molecule has 1 heterocycles. The second kappa shape index (κ2) is 10.1. The molecule has 2 unspecified atom stereocenters. The predicted molar refractivity (Wildman–Crippen MR) is 122 cm³/mol. The van der Waals surface area contributed by atoms with Gasteiger partial charge in [-0.05, 0) is 56.8 Å². The third-order valence-electron chi connectivity index (χ3n) is 6.83. The predicted octanol–water partition coefficient (Wildman–Crippen LogP) is 5.55. The summed E-state index contributed by atoms with van der Waals surface area (Å²) in [6.45, 7) is 9.86. The summed E-state index contributed by atoms with van der Waals surface area (Å²) in [5.74, 6) is 0.220. The smallest absolute Gasteiger partial charge is 0.226 e. The molecule has 0 aromatic heterocycles. The van der Waals surface area contributed by atoms with Gasteiger partial charge in [-0.1, -0.05) is 62.4 Å². The Hall–Kier alpha value is -2.13. The highest BCUT2D eigenvalue weighted by Crippen LogP contribution is 2.40. The van der Waals surface area contributed by atoms with E-state index in [1.807, 2.05) is 25.1 Å². The van der Waals surface area contributed by atoms with E-state index in [0.717, 1.165) is 38.2 Å². The summed E-state index contributed by atoms with van der Waals surface area (Å²) in [5.41, 5.74) is 2.57. The Bertz CT molecular complexity index is 761. The Morgan fingerprint density at radius 3 is 2.34 bits per heavy atom. The normalized spacial score (nSPS) is 20.9. The molecule has 156 valence electrons. The van der Waals surface area contributed by atoms with Crippen LogP contribution in [-0.2, 0) is 11.2 Å². The molecule has 3 nitrogen and oxygen atoms in total. The number of piperidine rings is 1. The maximum atomic E-state index is 13.0. The van der Waals surface area contributed by atoms with Crippen LogP contribution in [0.25, 0.3) is 0 Å². The van der Waals surface area contributed by atoms with E-state index < -0.39 is 0 Å². The molecular formula is C26H36N2O. The lowest BCUT2D eigenvalue weighted by atomic mass is 9.71. The lowest BCUT2D eigenvalue weighted by Crippen LogP contribution is -2.56. The largest absolute Gasteiger partial charge is 0.309 e. The van der Waals surface area contributed by atoms with Crippen molar-refractivity contribution in [2.24, 2.45) is 5.41 Å². The fourth-order valence-corrected chi connectivity index (χ4v) is 4.92. The molecule has 2 aromatic carbocycles. The quantitative estimate of drug-likeness (QED) is 0.588. The monoisotopic (exact) mass is 392 g/mol. The van der Waals surface area contributed by atoms with Gasteiger partial charge in [0.1, 0.15) is 0 Å². The van der Waals surface area contributed by atoms with Crippen LogP contribution < -0.4 is 4.90 Å². The summed E-state index contributed by atoms with van der Waals surface area (Å²) in [7, 11) is 0. The molecule has 0 saturated carbocycles. The third-order valence-corrected chi connectivity index (χ3v) is 6.83. The molecule has 0 N–H and O–H groups in total. The summed E-state index contributed by atoms with van der Waals surface area (Å²) < 4.78 is 0. The molecule has 29 heavy (non-hydrogen) atoms. The topological polar surface area (TPSA) is 23.6 Å². The fraction of sp³-hybridized carbons (Fsp3) is 0.500. The van der Waals surface area contributed by atoms with E-state index in [1.54, 1.807) is 0 Å². The zero-order valence-electron chi connectivity index (χ0n) is 18.3. The highest BCUT2D eigenvalue weighted by atomic mass is 16.2. The van der Waals surface area contributed by atoms with Crippen molar-refractivity contribution in [2.75, 3.05) is 24.5 Å². The minimum absolute atomic E-state index is 0.135. The Kier molecular flexibility index (Phi) is 7.49. The van der Waals surface area contributed by atoms with Gasteiger partial charge in [0.15, 0.2) is 0 Å². The number of carbonyl (C=O) groups is 1. The van der Waals surface area contributed by atoms with Gasteiger partial charge < -0.3 is 9.80 Å². The van der Waals surface area contributed by atoms with Crippen LogP contribution in [0.1, 0.15) is 52.0 Å². The SMILES string of the molecule is CCC(=O)N(c1ccccc1)C(C)C1(CC)CCCN(CCc2ccccc2)C1. The van der Waals surface area contributed by atoms with Gasteiger partial charge in [-0.15, -0.1) is 0 Å². The van der Waals surface area contributed by atoms with Gasteiger partial charge in [0.25, 0.3) is 0 Å². The molecule has 1 saturated heterocycles. The van der Waals surface area contributed by atoms with E-state index >= 15 is 0 Å². The minimum Gasteiger partial charge on any atom is -0.309 e. The molecule has 1 aliphatic rings. The van der Waals surface area contributed by atoms with Crippen molar-refractivity contribution in [1.82, 2.24) is 4.90 Å². The van der Waals surface area contributed by atoms with Crippen molar-refractivity contribution in [3.05, 3.63) is 66.2 Å². The molecule has 0 radical (unpaired) electrons. The molecule has 1 aliphatic heterocycles. The van der Waals surface area contributed by atoms with E-state index in [4.69, 9.17) is 0 Å². The molecule has 2 aromatic rings. The lowest BCUT2D eigenvalue weighted by molar-refractivity contribution is -0.119. The van der Waals surface area contributed by atoms with E-state index in [-0.39, 0.29) is 17.4 Å². The molecule has 0 spiro atoms. The van der Waals surface area contributed by atoms with Crippen LogP contribution >= 0.6 is 0 Å². The summed E-state index contributed by atoms with van der Waals surface area (Å²) in [6, 6.07) is 21.2. The van der Waals surface area contributed by atoms with Crippen LogP contribution in [0, 0.1) is 5.41 Å². The minimum atomic E-state index is 0.135. The molecule has 1 amide bonds. The van der Waals surface area contributed by atoms with Gasteiger partial charge in [0.05, 0.1) is 0 Å². The Morgan fingerprint density at radius 1 is 1.07 bits per heavy atom. The number of hydrogen-bond donors (Lipinski definition) is 0. The molecular weight excluding hydrogens is 356 g/mol. The van der Waals surface area contributed by atoms with Crippen molar-refractivity contribution >= 4 is 11.6 Å². The van der Waals surface area contributed by atoms with Crippen LogP contribution in [0.3, 0.4) is 0 Å². The van der Waals surface area contributed by atoms with E-state index in [9.17, 15) is 4.79 Å². The lowest BCUT2D eigenvalue weighted by Gasteiger charge is -2.49. The zero-order chi connectivity index (χ0) is 20.7. The van der Waals surface area contributed by atoms with Gasteiger partial charge in [0, 0.05) is 36.7 Å². The average Bonchev–Trinajstić information content (AvgIpc) is 2.79. The van der Waals surface area contributed by atoms with Gasteiger partial charge in [-0.3, -0.25) is 4.79 Å². The van der Waals surface area contributed by atoms with Crippen molar-refractivity contribution < 1.29 is 4.79 Å². The van der Waals surface area contributed by atoms with Gasteiger partial charge in [-0.2, -0.15) is 0 Å². The first-order valence-electron chi connectivity index (χ1n) is 11.2. The summed E-state index contributed by atoms with van der Waals surface area (Å²) >= 11 is 0. The number of anilines is 1. The van der Waals surface area contributed by atoms with Crippen molar-refractivity contribution in [3.63, 3.8) is 0 Å². The molecule has 0 aliphatic carbocycles. The number of amides is 1. The van der Waals surface area contributed by atoms with E-state index in [2.05, 4.69) is 66.1 Å². The molecule has 2 atom stereocenters. The van der Waals surface area contributed by atoms with Gasteiger partial charge in [0.2, 0.25) is 5.91 Å². The Balaban J connectivity index is 1.77. The molecule has 1 fully saturated rings. The number of likely N-dealkylation sites (tertiary alicyclic amines) is 1. The number of nitrogens with zero attached hydrogens (tertiary/aromatic N) is 2. The number of benzene rings is 2. The van der Waals surface area contributed by atoms with Crippen LogP contribution in [0.2, 0.25) is 0 Å². The second-order valence-electron chi connectivity index (χ2n) is 8.46. The first-order valence-corrected chi connectivity index (χ1v) is 11.2. The summed E-state index contributed by atoms with van der Waals surface area (Å²) in [4.78, 5) is 17.7. The summed E-state index contributed by atoms with van der Waals surface area (Å²) in [5, 5.41) is 0. The van der Waals surface area contributed by atoms with Crippen LogP contribution in [0.5, 0.6) is 0 Å². The standard InChI is InChI=1S/C26H36N2O/c1-4-25(29)28(24-15-10-7-11-16-24)22(3)26(5-2)18-12-19-27(21-26)20-17-23-13-8-6-9-14-23/h6-11,13-16,22H,4-5,12,17-21H2,1-3H3. The third kappa shape index (κ3) is 5.08. The van der Waals surface area contributed by atoms with E-state index in [1.165, 1.54) is 18.4 Å². The van der Waals surface area contributed by atoms with Crippen molar-refractivity contribution in [3.8, 4) is 0 Å². The van der Waals surface area contributed by atoms with Crippen molar-refractivity contribution in [2.45, 2.75) is 58.9 Å². The van der Waals surface area contributed by atoms with Crippen LogP contribution in [-0.4, -0.2) is 36.5 Å². The molecule has 3 heteroatoms. The van der Waals surface area contributed by atoms with Crippen LogP contribution in [0.15, 0.2) is 60.7 Å². The fourth-order valence-electron chi connectivity index (χ4n) is 4.92. The first kappa shape index (κ1) is 21.6. The highest BCUT2D eigenvalue weighted by Gasteiger charge is 2.42. The maximum Gasteiger partial charge on any atom is 0.226 e. The Morgan fingerprint density at radius 2 is 1.72 bits per heavy atom. The number of hydrogen-bond acceptors (Lipinski definition) is 2. The first-order chi connectivity index (χ1) is 14.1. The second-order valence-corrected chi connectivity index (χ2v) is 8.46. The highest BCUT2D eigenvalue weighted by molar-refractivity contribution is 5.93. The van der Waals surface area contributed by atoms with Gasteiger partial charge >= 0.3 is 0 Å². The van der Waals surface area contributed by atoms with Crippen molar-refractivity contribution in [1.29, 1.82) is 0 Å². The zero-order valence-corrected chi connectivity index (χ0v) is 18.3. The number of rotatable bonds is 8. The molecule has 3 rings (SSSR count). The summed E-state index contributed by atoms with van der Waals surface area (Å²) in [6.07, 6.45) is 5.11. The van der Waals surface area contributed by atoms with E-state index in [0.29, 0.717) is 6.42 Å². The maximum absolute atomic E-state index is 13.0. The van der Waals surface area contributed by atoms with Gasteiger partial charge in [-0.25, -0.2) is 0 Å². The molecule has 0 bridgehead atoms.